The maximum atomic E-state index is 13.9. The number of ether oxygens (including phenoxy) is 2. The highest BCUT2D eigenvalue weighted by atomic mass is 16.5. The van der Waals surface area contributed by atoms with Gasteiger partial charge in [0.25, 0.3) is 5.91 Å². The first-order valence-electron chi connectivity index (χ1n) is 11.9. The van der Waals surface area contributed by atoms with E-state index in [1.165, 1.54) is 11.3 Å². The number of aromatic nitrogens is 1. The predicted octanol–water partition coefficient (Wildman–Crippen LogP) is 4.94. The second kappa shape index (κ2) is 11.5. The van der Waals surface area contributed by atoms with E-state index in [9.17, 15) is 9.59 Å². The molecule has 1 aliphatic carbocycles. The number of amides is 2. The third kappa shape index (κ3) is 5.80. The molecule has 3 aromatic rings. The molecule has 2 aromatic carbocycles. The summed E-state index contributed by atoms with van der Waals surface area (Å²) in [5, 5.41) is 3.22. The topological polar surface area (TPSA) is 80.8 Å². The minimum absolute atomic E-state index is 0.0918. The van der Waals surface area contributed by atoms with E-state index in [2.05, 4.69) is 10.3 Å². The van der Waals surface area contributed by atoms with Gasteiger partial charge in [0.1, 0.15) is 23.2 Å². The fourth-order valence-electron chi connectivity index (χ4n) is 4.49. The van der Waals surface area contributed by atoms with E-state index >= 15 is 0 Å². The Morgan fingerprint density at radius 2 is 1.66 bits per heavy atom. The Bertz CT molecular complexity index is 1130. The van der Waals surface area contributed by atoms with Crippen LogP contribution in [0.4, 0.5) is 5.69 Å². The van der Waals surface area contributed by atoms with Gasteiger partial charge in [-0.3, -0.25) is 19.5 Å². The summed E-state index contributed by atoms with van der Waals surface area (Å²) in [7, 11) is 3.16. The van der Waals surface area contributed by atoms with Crippen molar-refractivity contribution >= 4 is 17.5 Å². The fraction of sp³-hybridized carbons (Fsp3) is 0.321. The standard InChI is InChI=1S/C28H31N3O4/c1-34-23-16-14-20(15-17-23)26(27(32)30-21-9-4-3-5-10-21)31(22-11-8-12-24(19-22)35-2)28(33)25-13-6-7-18-29-25/h6-8,11-19,21,26H,3-5,9-10H2,1-2H3,(H,30,32)/t26-/m0/s1. The summed E-state index contributed by atoms with van der Waals surface area (Å²) in [6.45, 7) is 0. The van der Waals surface area contributed by atoms with Crippen molar-refractivity contribution in [1.82, 2.24) is 10.3 Å². The Labute approximate surface area is 206 Å². The Morgan fingerprint density at radius 1 is 0.914 bits per heavy atom. The number of carbonyl (C=O) groups is 2. The molecule has 7 nitrogen and oxygen atoms in total. The van der Waals surface area contributed by atoms with Crippen molar-refractivity contribution in [3.05, 3.63) is 84.2 Å². The van der Waals surface area contributed by atoms with E-state index < -0.39 is 6.04 Å². The van der Waals surface area contributed by atoms with Gasteiger partial charge in [-0.15, -0.1) is 0 Å². The molecule has 1 atom stereocenters. The summed E-state index contributed by atoms with van der Waals surface area (Å²) >= 11 is 0. The highest BCUT2D eigenvalue weighted by Crippen LogP contribution is 2.33. The number of anilines is 1. The molecule has 0 saturated heterocycles. The van der Waals surface area contributed by atoms with Gasteiger partial charge in [0.05, 0.1) is 14.2 Å². The molecular formula is C28H31N3O4. The van der Waals surface area contributed by atoms with Crippen LogP contribution in [0.5, 0.6) is 11.5 Å². The normalized spacial score (nSPS) is 14.6. The first-order chi connectivity index (χ1) is 17.1. The van der Waals surface area contributed by atoms with Crippen LogP contribution in [-0.4, -0.2) is 37.1 Å². The van der Waals surface area contributed by atoms with Crippen molar-refractivity contribution in [2.75, 3.05) is 19.1 Å². The van der Waals surface area contributed by atoms with E-state index in [1.54, 1.807) is 75.0 Å². The average Bonchev–Trinajstić information content (AvgIpc) is 2.92. The molecule has 4 rings (SSSR count). The molecule has 0 radical (unpaired) electrons. The smallest absolute Gasteiger partial charge is 0.277 e. The highest BCUT2D eigenvalue weighted by Gasteiger charge is 2.35. The molecule has 35 heavy (non-hydrogen) atoms. The Kier molecular flexibility index (Phi) is 7.98. The predicted molar refractivity (Wildman–Crippen MR) is 135 cm³/mol. The van der Waals surface area contributed by atoms with Crippen molar-refractivity contribution in [2.45, 2.75) is 44.2 Å². The molecular weight excluding hydrogens is 442 g/mol. The van der Waals surface area contributed by atoms with Gasteiger partial charge < -0.3 is 14.8 Å². The summed E-state index contributed by atoms with van der Waals surface area (Å²) in [5.41, 5.74) is 1.46. The summed E-state index contributed by atoms with van der Waals surface area (Å²) in [5.74, 6) is 0.652. The van der Waals surface area contributed by atoms with Gasteiger partial charge >= 0.3 is 0 Å². The van der Waals surface area contributed by atoms with Crippen LogP contribution in [0.25, 0.3) is 0 Å². The van der Waals surface area contributed by atoms with Crippen molar-refractivity contribution in [2.24, 2.45) is 0 Å². The summed E-state index contributed by atoms with van der Waals surface area (Å²) < 4.78 is 10.7. The number of nitrogens with one attached hydrogen (secondary N) is 1. The zero-order chi connectivity index (χ0) is 24.6. The SMILES string of the molecule is COc1ccc([C@@H](C(=O)NC2CCCCC2)N(C(=O)c2ccccn2)c2cccc(OC)c2)cc1. The van der Waals surface area contributed by atoms with Crippen LogP contribution in [-0.2, 0) is 4.79 Å². The largest absolute Gasteiger partial charge is 0.497 e. The highest BCUT2D eigenvalue weighted by molar-refractivity contribution is 6.09. The quantitative estimate of drug-likeness (QED) is 0.501. The lowest BCUT2D eigenvalue weighted by molar-refractivity contribution is -0.123. The number of hydrogen-bond acceptors (Lipinski definition) is 5. The lowest BCUT2D eigenvalue weighted by Crippen LogP contribution is -2.47. The van der Waals surface area contributed by atoms with Crippen molar-refractivity contribution in [3.63, 3.8) is 0 Å². The molecule has 1 aliphatic rings. The number of hydrogen-bond donors (Lipinski definition) is 1. The Balaban J connectivity index is 1.81. The fourth-order valence-corrected chi connectivity index (χ4v) is 4.49. The first kappa shape index (κ1) is 24.3. The number of nitrogens with zero attached hydrogens (tertiary/aromatic N) is 2. The monoisotopic (exact) mass is 473 g/mol. The number of benzene rings is 2. The van der Waals surface area contributed by atoms with Gasteiger partial charge in [-0.2, -0.15) is 0 Å². The second-order valence-electron chi connectivity index (χ2n) is 8.61. The molecule has 182 valence electrons. The van der Waals surface area contributed by atoms with E-state index in [-0.39, 0.29) is 23.6 Å². The molecule has 1 N–H and O–H groups in total. The lowest BCUT2D eigenvalue weighted by atomic mass is 9.94. The maximum absolute atomic E-state index is 13.9. The zero-order valence-corrected chi connectivity index (χ0v) is 20.1. The second-order valence-corrected chi connectivity index (χ2v) is 8.61. The molecule has 0 spiro atoms. The number of rotatable bonds is 8. The van der Waals surface area contributed by atoms with E-state index in [0.717, 1.165) is 25.7 Å². The molecule has 1 saturated carbocycles. The minimum atomic E-state index is -0.913. The third-order valence-electron chi connectivity index (χ3n) is 6.32. The molecule has 0 aliphatic heterocycles. The molecule has 1 aromatic heterocycles. The van der Waals surface area contributed by atoms with Gasteiger partial charge in [-0.1, -0.05) is 43.5 Å². The molecule has 7 heteroatoms. The van der Waals surface area contributed by atoms with Gasteiger partial charge in [-0.25, -0.2) is 0 Å². The number of pyridine rings is 1. The molecule has 0 bridgehead atoms. The minimum Gasteiger partial charge on any atom is -0.497 e. The van der Waals surface area contributed by atoms with Gasteiger partial charge in [-0.05, 0) is 54.8 Å². The summed E-state index contributed by atoms with van der Waals surface area (Å²) in [6.07, 6.45) is 6.81. The molecule has 1 heterocycles. The summed E-state index contributed by atoms with van der Waals surface area (Å²) in [6, 6.07) is 18.7. The molecule has 0 unspecified atom stereocenters. The van der Waals surface area contributed by atoms with Crippen LogP contribution >= 0.6 is 0 Å². The van der Waals surface area contributed by atoms with Crippen molar-refractivity contribution < 1.29 is 19.1 Å². The van der Waals surface area contributed by atoms with E-state index in [4.69, 9.17) is 9.47 Å². The van der Waals surface area contributed by atoms with Gasteiger partial charge in [0, 0.05) is 24.0 Å². The zero-order valence-electron chi connectivity index (χ0n) is 20.1. The molecule has 1 fully saturated rings. The van der Waals surface area contributed by atoms with E-state index in [1.807, 2.05) is 12.1 Å². The maximum Gasteiger partial charge on any atom is 0.277 e. The first-order valence-corrected chi connectivity index (χ1v) is 11.9. The van der Waals surface area contributed by atoms with Gasteiger partial charge in [0.2, 0.25) is 5.91 Å². The van der Waals surface area contributed by atoms with Crippen LogP contribution in [0, 0.1) is 0 Å². The average molecular weight is 474 g/mol. The Hall–Kier alpha value is -3.87. The third-order valence-corrected chi connectivity index (χ3v) is 6.32. The van der Waals surface area contributed by atoms with Crippen molar-refractivity contribution in [1.29, 1.82) is 0 Å². The van der Waals surface area contributed by atoms with Crippen LogP contribution < -0.4 is 19.7 Å². The number of carbonyl (C=O) groups excluding carboxylic acids is 2. The lowest BCUT2D eigenvalue weighted by Gasteiger charge is -2.33. The van der Waals surface area contributed by atoms with E-state index in [0.29, 0.717) is 22.7 Å². The van der Waals surface area contributed by atoms with Crippen molar-refractivity contribution in [3.8, 4) is 11.5 Å². The van der Waals surface area contributed by atoms with Crippen LogP contribution in [0.15, 0.2) is 72.9 Å². The van der Waals surface area contributed by atoms with Gasteiger partial charge in [0.15, 0.2) is 0 Å². The van der Waals surface area contributed by atoms with Crippen LogP contribution in [0.2, 0.25) is 0 Å². The summed E-state index contributed by atoms with van der Waals surface area (Å²) in [4.78, 5) is 33.6. The van der Waals surface area contributed by atoms with Crippen LogP contribution in [0.3, 0.4) is 0 Å². The van der Waals surface area contributed by atoms with Crippen LogP contribution in [0.1, 0.15) is 54.2 Å². The molecule has 2 amide bonds. The number of methoxy groups -OCH3 is 2. The Morgan fingerprint density at radius 3 is 2.31 bits per heavy atom.